The van der Waals surface area contributed by atoms with Gasteiger partial charge in [0, 0.05) is 10.4 Å². The van der Waals surface area contributed by atoms with E-state index in [-0.39, 0.29) is 4.90 Å². The number of rotatable bonds is 7. The highest BCUT2D eigenvalue weighted by Crippen LogP contribution is 2.42. The number of carbonyl (C=O) groups excluding carboxylic acids is 1. The van der Waals surface area contributed by atoms with Crippen molar-refractivity contribution < 1.29 is 17.9 Å². The van der Waals surface area contributed by atoms with E-state index in [1.165, 1.54) is 11.3 Å². The summed E-state index contributed by atoms with van der Waals surface area (Å²) in [5.41, 5.74) is 1.68. The third kappa shape index (κ3) is 4.04. The van der Waals surface area contributed by atoms with Crippen molar-refractivity contribution in [1.82, 2.24) is 4.98 Å². The average molecular weight is 471 g/mol. The molecule has 1 amide bonds. The smallest absolute Gasteiger partial charge is 0.248 e. The first-order valence-corrected chi connectivity index (χ1v) is 13.0. The third-order valence-electron chi connectivity index (χ3n) is 5.85. The van der Waals surface area contributed by atoms with Crippen LogP contribution >= 0.6 is 11.3 Å². The summed E-state index contributed by atoms with van der Waals surface area (Å²) in [6.45, 7) is 4.46. The largest absolute Gasteiger partial charge is 0.494 e. The highest BCUT2D eigenvalue weighted by molar-refractivity contribution is 7.93. The number of sulfone groups is 1. The summed E-state index contributed by atoms with van der Waals surface area (Å²) in [5, 5.41) is 3.24. The number of amides is 1. The molecule has 8 heteroatoms. The highest BCUT2D eigenvalue weighted by Gasteiger charge is 2.53. The van der Waals surface area contributed by atoms with E-state index in [1.54, 1.807) is 30.3 Å². The Hall–Kier alpha value is -2.71. The molecule has 0 unspecified atom stereocenters. The number of nitrogens with one attached hydrogen (secondary N) is 1. The molecule has 1 aliphatic carbocycles. The molecular weight excluding hydrogens is 444 g/mol. The van der Waals surface area contributed by atoms with Gasteiger partial charge in [0.1, 0.15) is 5.75 Å². The Kier molecular flexibility index (Phi) is 6.35. The van der Waals surface area contributed by atoms with Gasteiger partial charge in [-0.25, -0.2) is 13.4 Å². The second-order valence-corrected chi connectivity index (χ2v) is 11.3. The maximum absolute atomic E-state index is 13.5. The molecule has 32 heavy (non-hydrogen) atoms. The van der Waals surface area contributed by atoms with Crippen molar-refractivity contribution in [3.63, 3.8) is 0 Å². The lowest BCUT2D eigenvalue weighted by atomic mass is 10.1. The molecule has 1 aromatic heterocycles. The quantitative estimate of drug-likeness (QED) is 0.510. The van der Waals surface area contributed by atoms with Crippen molar-refractivity contribution in [2.24, 2.45) is 0 Å². The molecule has 0 atom stereocenters. The van der Waals surface area contributed by atoms with Gasteiger partial charge in [-0.15, -0.1) is 11.3 Å². The minimum Gasteiger partial charge on any atom is -0.494 e. The van der Waals surface area contributed by atoms with E-state index in [0.717, 1.165) is 21.9 Å². The van der Waals surface area contributed by atoms with Gasteiger partial charge >= 0.3 is 0 Å². The normalized spacial score (nSPS) is 15.4. The molecule has 2 aromatic carbocycles. The van der Waals surface area contributed by atoms with E-state index in [4.69, 9.17) is 4.74 Å². The monoisotopic (exact) mass is 470 g/mol. The van der Waals surface area contributed by atoms with Crippen LogP contribution < -0.4 is 10.1 Å². The molecule has 3 aromatic rings. The summed E-state index contributed by atoms with van der Waals surface area (Å²) in [7, 11) is -3.83. The molecule has 1 saturated carbocycles. The number of thiazole rings is 1. The topological polar surface area (TPSA) is 85.4 Å². The zero-order valence-electron chi connectivity index (χ0n) is 18.1. The molecule has 0 spiro atoms. The number of nitrogens with zero attached hydrogens (tertiary/aromatic N) is 1. The van der Waals surface area contributed by atoms with Crippen LogP contribution in [0.2, 0.25) is 0 Å². The highest BCUT2D eigenvalue weighted by atomic mass is 32.2. The number of hydrogen-bond donors (Lipinski definition) is 1. The van der Waals surface area contributed by atoms with Crippen LogP contribution in [0.15, 0.2) is 59.5 Å². The van der Waals surface area contributed by atoms with Crippen LogP contribution in [0.25, 0.3) is 11.3 Å². The number of carbonyl (C=O) groups is 1. The van der Waals surface area contributed by atoms with Crippen LogP contribution in [0.5, 0.6) is 5.75 Å². The van der Waals surface area contributed by atoms with Gasteiger partial charge in [0.25, 0.3) is 0 Å². The van der Waals surface area contributed by atoms with Crippen molar-refractivity contribution in [1.29, 1.82) is 0 Å². The predicted molar refractivity (Wildman–Crippen MR) is 127 cm³/mol. The van der Waals surface area contributed by atoms with Crippen LogP contribution in [-0.4, -0.2) is 30.7 Å². The van der Waals surface area contributed by atoms with E-state index in [0.29, 0.717) is 37.4 Å². The first-order chi connectivity index (χ1) is 15.4. The summed E-state index contributed by atoms with van der Waals surface area (Å²) < 4.78 is 31.0. The lowest BCUT2D eigenvalue weighted by Crippen LogP contribution is -2.47. The van der Waals surface area contributed by atoms with Crippen LogP contribution in [0.1, 0.15) is 37.5 Å². The summed E-state index contributed by atoms with van der Waals surface area (Å²) in [4.78, 5) is 19.1. The van der Waals surface area contributed by atoms with Crippen molar-refractivity contribution in [3.8, 4) is 17.0 Å². The summed E-state index contributed by atoms with van der Waals surface area (Å²) >= 11 is 1.35. The molecule has 0 bridgehead atoms. The molecule has 1 heterocycles. The molecule has 4 rings (SSSR count). The molecule has 6 nitrogen and oxygen atoms in total. The number of hydrogen-bond acceptors (Lipinski definition) is 6. The van der Waals surface area contributed by atoms with Gasteiger partial charge in [-0.1, -0.05) is 31.0 Å². The van der Waals surface area contributed by atoms with Gasteiger partial charge in [-0.2, -0.15) is 0 Å². The van der Waals surface area contributed by atoms with Crippen molar-refractivity contribution in [2.75, 3.05) is 11.9 Å². The Labute approximate surface area is 192 Å². The Morgan fingerprint density at radius 2 is 1.75 bits per heavy atom. The van der Waals surface area contributed by atoms with Crippen molar-refractivity contribution in [3.05, 3.63) is 59.5 Å². The van der Waals surface area contributed by atoms with Gasteiger partial charge < -0.3 is 10.1 Å². The molecule has 168 valence electrons. The second-order valence-electron chi connectivity index (χ2n) is 7.85. The van der Waals surface area contributed by atoms with Gasteiger partial charge in [0.15, 0.2) is 19.7 Å². The molecule has 0 radical (unpaired) electrons. The van der Waals surface area contributed by atoms with E-state index in [1.807, 2.05) is 38.1 Å². The predicted octanol–water partition coefficient (Wildman–Crippen LogP) is 5.24. The van der Waals surface area contributed by atoms with Crippen LogP contribution in [0.3, 0.4) is 0 Å². The molecular formula is C24H26N2O4S2. The van der Waals surface area contributed by atoms with Crippen molar-refractivity contribution >= 4 is 32.2 Å². The molecule has 1 N–H and O–H groups in total. The maximum Gasteiger partial charge on any atom is 0.248 e. The van der Waals surface area contributed by atoms with E-state index in [9.17, 15) is 13.2 Å². The van der Waals surface area contributed by atoms with Gasteiger partial charge in [-0.05, 0) is 63.1 Å². The number of aromatic nitrogens is 1. The van der Waals surface area contributed by atoms with Crippen LogP contribution in [-0.2, 0) is 14.6 Å². The Balaban J connectivity index is 1.61. The zero-order chi connectivity index (χ0) is 22.8. The minimum absolute atomic E-state index is 0.183. The lowest BCUT2D eigenvalue weighted by molar-refractivity contribution is -0.118. The van der Waals surface area contributed by atoms with E-state index in [2.05, 4.69) is 10.3 Å². The van der Waals surface area contributed by atoms with Gasteiger partial charge in [0.05, 0.1) is 17.2 Å². The Morgan fingerprint density at radius 1 is 1.09 bits per heavy atom. The second kappa shape index (κ2) is 9.03. The fourth-order valence-electron chi connectivity index (χ4n) is 4.19. The SMILES string of the molecule is CCOc1ccc(-c2nc(NC(=O)C3(S(=O)(=O)c4ccccc4)CCCC3)sc2C)cc1. The number of ether oxygens (including phenoxy) is 1. The minimum atomic E-state index is -3.83. The number of anilines is 1. The lowest BCUT2D eigenvalue weighted by Gasteiger charge is -2.27. The fraction of sp³-hybridized carbons (Fsp3) is 0.333. The van der Waals surface area contributed by atoms with Crippen molar-refractivity contribution in [2.45, 2.75) is 49.2 Å². The number of benzene rings is 2. The Morgan fingerprint density at radius 3 is 2.38 bits per heavy atom. The molecule has 0 aliphatic heterocycles. The maximum atomic E-state index is 13.5. The average Bonchev–Trinajstić information content (AvgIpc) is 3.43. The summed E-state index contributed by atoms with van der Waals surface area (Å²) in [6, 6.07) is 15.9. The standard InChI is InChI=1S/C24H26N2O4S2/c1-3-30-19-13-11-18(12-14-19)21-17(2)31-23(25-21)26-22(27)24(15-7-8-16-24)32(28,29)20-9-5-4-6-10-20/h4-6,9-14H,3,7-8,15-16H2,1-2H3,(H,25,26,27). The van der Waals surface area contributed by atoms with Crippen LogP contribution in [0, 0.1) is 6.92 Å². The van der Waals surface area contributed by atoms with E-state index >= 15 is 0 Å². The van der Waals surface area contributed by atoms with Gasteiger partial charge in [-0.3, -0.25) is 4.79 Å². The van der Waals surface area contributed by atoms with Gasteiger partial charge in [0.2, 0.25) is 5.91 Å². The summed E-state index contributed by atoms with van der Waals surface area (Å²) in [6.07, 6.45) is 2.03. The summed E-state index contributed by atoms with van der Waals surface area (Å²) in [5.74, 6) is 0.290. The Bertz CT molecular complexity index is 1200. The molecule has 1 aliphatic rings. The first-order valence-electron chi connectivity index (χ1n) is 10.7. The fourth-order valence-corrected chi connectivity index (χ4v) is 7.11. The molecule has 1 fully saturated rings. The third-order valence-corrected chi connectivity index (χ3v) is 9.25. The van der Waals surface area contributed by atoms with E-state index < -0.39 is 20.5 Å². The molecule has 0 saturated heterocycles. The first kappa shape index (κ1) is 22.5. The zero-order valence-corrected chi connectivity index (χ0v) is 19.8. The van der Waals surface area contributed by atoms with Crippen LogP contribution in [0.4, 0.5) is 5.13 Å². The number of aryl methyl sites for hydroxylation is 1.